The number of carbonyl (C=O) groups excluding carboxylic acids is 1. The van der Waals surface area contributed by atoms with Gasteiger partial charge in [-0.05, 0) is 54.2 Å². The Labute approximate surface area is 218 Å². The first-order valence-corrected chi connectivity index (χ1v) is 13.3. The van der Waals surface area contributed by atoms with E-state index in [0.717, 1.165) is 37.0 Å². The van der Waals surface area contributed by atoms with Gasteiger partial charge >= 0.3 is 6.03 Å². The van der Waals surface area contributed by atoms with Gasteiger partial charge in [-0.15, -0.1) is 0 Å². The van der Waals surface area contributed by atoms with E-state index >= 15 is 0 Å². The van der Waals surface area contributed by atoms with Gasteiger partial charge in [0.05, 0.1) is 19.8 Å². The number of aliphatic hydroxyl groups is 1. The minimum atomic E-state index is -0.823. The van der Waals surface area contributed by atoms with Crippen molar-refractivity contribution in [3.05, 3.63) is 23.8 Å². The molecule has 0 aliphatic heterocycles. The van der Waals surface area contributed by atoms with Gasteiger partial charge in [0.2, 0.25) is 0 Å². The molecule has 0 heterocycles. The van der Waals surface area contributed by atoms with Gasteiger partial charge in [0.25, 0.3) is 0 Å². The molecule has 1 aromatic rings. The van der Waals surface area contributed by atoms with Crippen LogP contribution in [0.3, 0.4) is 0 Å². The summed E-state index contributed by atoms with van der Waals surface area (Å²) in [7, 11) is 3.31. The lowest BCUT2D eigenvalue weighted by molar-refractivity contribution is 0.125. The zero-order valence-corrected chi connectivity index (χ0v) is 23.6. The van der Waals surface area contributed by atoms with Crippen LogP contribution in [0.15, 0.2) is 18.2 Å². The lowest BCUT2D eigenvalue weighted by atomic mass is 9.83. The van der Waals surface area contributed by atoms with Crippen LogP contribution in [0.2, 0.25) is 0 Å². The van der Waals surface area contributed by atoms with Crippen LogP contribution in [-0.4, -0.2) is 63.8 Å². The van der Waals surface area contributed by atoms with E-state index < -0.39 is 12.1 Å². The Morgan fingerprint density at radius 2 is 1.86 bits per heavy atom. The molecule has 0 saturated heterocycles. The van der Waals surface area contributed by atoms with Gasteiger partial charge in [0, 0.05) is 39.3 Å². The SMILES string of the molecule is CCCC(C)(C)CNC(=O)NC[C@H](O)[C@@H](N)C[C@H](Cc1ccc(OC)c(OCCCOC)c1)C(C)C. The molecule has 3 atom stereocenters. The first-order chi connectivity index (χ1) is 17.0. The Kier molecular flexibility index (Phi) is 14.8. The Balaban J connectivity index is 2.65. The summed E-state index contributed by atoms with van der Waals surface area (Å²) in [5.74, 6) is 2.05. The monoisotopic (exact) mass is 509 g/mol. The van der Waals surface area contributed by atoms with E-state index in [1.54, 1.807) is 14.2 Å². The zero-order chi connectivity index (χ0) is 27.1. The molecule has 0 unspecified atom stereocenters. The number of nitrogens with two attached hydrogens (primary N) is 1. The maximum absolute atomic E-state index is 12.2. The van der Waals surface area contributed by atoms with Gasteiger partial charge in [-0.2, -0.15) is 0 Å². The number of aliphatic hydroxyl groups excluding tert-OH is 1. The van der Waals surface area contributed by atoms with E-state index in [-0.39, 0.29) is 23.9 Å². The number of ether oxygens (including phenoxy) is 3. The van der Waals surface area contributed by atoms with Crippen molar-refractivity contribution in [2.24, 2.45) is 23.0 Å². The van der Waals surface area contributed by atoms with Crippen LogP contribution < -0.4 is 25.8 Å². The summed E-state index contributed by atoms with van der Waals surface area (Å²) in [4.78, 5) is 12.2. The van der Waals surface area contributed by atoms with E-state index in [1.165, 1.54) is 0 Å². The molecule has 0 saturated carbocycles. The van der Waals surface area contributed by atoms with Crippen molar-refractivity contribution in [1.82, 2.24) is 10.6 Å². The molecule has 0 radical (unpaired) electrons. The average Bonchev–Trinajstić information content (AvgIpc) is 2.83. The van der Waals surface area contributed by atoms with Crippen LogP contribution in [0.25, 0.3) is 0 Å². The standard InChI is InChI=1S/C28H51N3O5/c1-8-12-28(4,5)19-31-27(33)30-18-24(32)23(29)17-22(20(2)3)15-21-10-11-25(35-7)26(16-21)36-14-9-13-34-6/h10-11,16,20,22-24,32H,8-9,12-15,17-19,29H2,1-7H3,(H2,30,31,33)/t22-,23-,24-/m0/s1. The van der Waals surface area contributed by atoms with Crippen molar-refractivity contribution in [3.63, 3.8) is 0 Å². The molecule has 2 amide bonds. The molecule has 208 valence electrons. The summed E-state index contributed by atoms with van der Waals surface area (Å²) in [5.41, 5.74) is 7.54. The molecule has 36 heavy (non-hydrogen) atoms. The molecule has 5 N–H and O–H groups in total. The molecule has 0 aromatic heterocycles. The van der Waals surface area contributed by atoms with Crippen LogP contribution in [0.1, 0.15) is 65.9 Å². The highest BCUT2D eigenvalue weighted by molar-refractivity contribution is 5.73. The number of hydrogen-bond donors (Lipinski definition) is 4. The van der Waals surface area contributed by atoms with Gasteiger partial charge in [-0.3, -0.25) is 0 Å². The van der Waals surface area contributed by atoms with Crippen molar-refractivity contribution in [3.8, 4) is 11.5 Å². The Hall–Kier alpha value is -2.03. The van der Waals surface area contributed by atoms with E-state index in [0.29, 0.717) is 37.8 Å². The highest BCUT2D eigenvalue weighted by atomic mass is 16.5. The number of carbonyl (C=O) groups is 1. The van der Waals surface area contributed by atoms with Crippen molar-refractivity contribution in [2.45, 2.75) is 78.9 Å². The number of amides is 2. The molecule has 8 heteroatoms. The summed E-state index contributed by atoms with van der Waals surface area (Å²) in [5, 5.41) is 16.3. The fraction of sp³-hybridized carbons (Fsp3) is 0.750. The van der Waals surface area contributed by atoms with Crippen molar-refractivity contribution in [2.75, 3.05) is 40.5 Å². The number of benzene rings is 1. The first kappa shape index (κ1) is 32.0. The third kappa shape index (κ3) is 12.3. The van der Waals surface area contributed by atoms with Crippen LogP contribution in [0.5, 0.6) is 11.5 Å². The summed E-state index contributed by atoms with van der Waals surface area (Å²) in [6.07, 6.45) is 3.52. The first-order valence-electron chi connectivity index (χ1n) is 13.3. The van der Waals surface area contributed by atoms with Gasteiger partial charge in [-0.1, -0.05) is 47.1 Å². The average molecular weight is 510 g/mol. The fourth-order valence-corrected chi connectivity index (χ4v) is 4.24. The smallest absolute Gasteiger partial charge is 0.314 e. The van der Waals surface area contributed by atoms with Crippen LogP contribution >= 0.6 is 0 Å². The highest BCUT2D eigenvalue weighted by Gasteiger charge is 2.24. The molecule has 8 nitrogen and oxygen atoms in total. The number of hydrogen-bond acceptors (Lipinski definition) is 6. The number of nitrogens with one attached hydrogen (secondary N) is 2. The normalized spacial score (nSPS) is 14.3. The second kappa shape index (κ2) is 16.7. The van der Waals surface area contributed by atoms with Crippen LogP contribution in [0, 0.1) is 17.3 Å². The number of methoxy groups -OCH3 is 2. The Bertz CT molecular complexity index is 757. The van der Waals surface area contributed by atoms with Crippen molar-refractivity contribution < 1.29 is 24.1 Å². The Morgan fingerprint density at radius 1 is 1.14 bits per heavy atom. The van der Waals surface area contributed by atoms with Crippen LogP contribution in [0.4, 0.5) is 4.79 Å². The van der Waals surface area contributed by atoms with Gasteiger partial charge in [0.15, 0.2) is 11.5 Å². The predicted octanol–water partition coefficient (Wildman–Crippen LogP) is 4.13. The van der Waals surface area contributed by atoms with Crippen molar-refractivity contribution >= 4 is 6.03 Å². The lowest BCUT2D eigenvalue weighted by Crippen LogP contribution is -2.48. The summed E-state index contributed by atoms with van der Waals surface area (Å²) < 4.78 is 16.5. The number of rotatable bonds is 18. The maximum Gasteiger partial charge on any atom is 0.314 e. The van der Waals surface area contributed by atoms with Gasteiger partial charge in [0.1, 0.15) is 0 Å². The molecule has 0 bridgehead atoms. The minimum absolute atomic E-state index is 0.0435. The molecule has 0 spiro atoms. The molecular weight excluding hydrogens is 458 g/mol. The van der Waals surface area contributed by atoms with E-state index in [4.69, 9.17) is 19.9 Å². The molecule has 0 aliphatic carbocycles. The third-order valence-corrected chi connectivity index (χ3v) is 6.61. The van der Waals surface area contributed by atoms with E-state index in [9.17, 15) is 9.90 Å². The van der Waals surface area contributed by atoms with Gasteiger partial charge < -0.3 is 35.7 Å². The largest absolute Gasteiger partial charge is 0.493 e. The topological polar surface area (TPSA) is 115 Å². The van der Waals surface area contributed by atoms with Crippen molar-refractivity contribution in [1.29, 1.82) is 0 Å². The van der Waals surface area contributed by atoms with E-state index in [2.05, 4.69) is 45.3 Å². The second-order valence-electron chi connectivity index (χ2n) is 10.8. The summed E-state index contributed by atoms with van der Waals surface area (Å²) in [6, 6.07) is 5.27. The Morgan fingerprint density at radius 3 is 2.47 bits per heavy atom. The van der Waals surface area contributed by atoms with Gasteiger partial charge in [-0.25, -0.2) is 4.79 Å². The lowest BCUT2D eigenvalue weighted by Gasteiger charge is -2.28. The fourth-order valence-electron chi connectivity index (χ4n) is 4.24. The number of urea groups is 1. The molecule has 0 fully saturated rings. The zero-order valence-electron chi connectivity index (χ0n) is 23.6. The van der Waals surface area contributed by atoms with E-state index in [1.807, 2.05) is 18.2 Å². The maximum atomic E-state index is 12.2. The minimum Gasteiger partial charge on any atom is -0.493 e. The third-order valence-electron chi connectivity index (χ3n) is 6.61. The predicted molar refractivity (Wildman–Crippen MR) is 146 cm³/mol. The summed E-state index contributed by atoms with van der Waals surface area (Å²) in [6.45, 7) is 12.6. The summed E-state index contributed by atoms with van der Waals surface area (Å²) >= 11 is 0. The highest BCUT2D eigenvalue weighted by Crippen LogP contribution is 2.31. The van der Waals surface area contributed by atoms with Crippen LogP contribution in [-0.2, 0) is 11.2 Å². The quantitative estimate of drug-likeness (QED) is 0.221. The second-order valence-corrected chi connectivity index (χ2v) is 10.8. The molecule has 1 rings (SSSR count). The molecule has 0 aliphatic rings. The molecule has 1 aromatic carbocycles. The molecular formula is C28H51N3O5.